The minimum absolute atomic E-state index is 0.338. The van der Waals surface area contributed by atoms with E-state index in [1.54, 1.807) is 7.11 Å². The Bertz CT molecular complexity index is 811. The van der Waals surface area contributed by atoms with Crippen molar-refractivity contribution in [3.05, 3.63) is 47.3 Å². The molecule has 1 fully saturated rings. The van der Waals surface area contributed by atoms with Crippen LogP contribution in [0.15, 0.2) is 35.3 Å². The van der Waals surface area contributed by atoms with Crippen LogP contribution in [-0.4, -0.2) is 67.2 Å². The van der Waals surface area contributed by atoms with E-state index in [0.717, 1.165) is 68.6 Å². The second kappa shape index (κ2) is 11.1. The van der Waals surface area contributed by atoms with Crippen molar-refractivity contribution in [2.75, 3.05) is 40.5 Å². The van der Waals surface area contributed by atoms with Gasteiger partial charge in [0.2, 0.25) is 0 Å². The average Bonchev–Trinajstić information content (AvgIpc) is 3.07. The fourth-order valence-electron chi connectivity index (χ4n) is 3.94. The van der Waals surface area contributed by atoms with Gasteiger partial charge < -0.3 is 19.7 Å². The lowest BCUT2D eigenvalue weighted by Gasteiger charge is -2.34. The zero-order chi connectivity index (χ0) is 21.3. The first-order chi connectivity index (χ1) is 14.6. The largest absolute Gasteiger partial charge is 0.385 e. The number of nitrogens with one attached hydrogen (secondary N) is 1. The van der Waals surface area contributed by atoms with Crippen molar-refractivity contribution in [3.63, 3.8) is 0 Å². The highest BCUT2D eigenvalue weighted by Crippen LogP contribution is 2.18. The molecular formula is C23H35N5O2. The van der Waals surface area contributed by atoms with Gasteiger partial charge in [-0.15, -0.1) is 0 Å². The lowest BCUT2D eigenvalue weighted by atomic mass is 10.1. The fraction of sp³-hybridized carbons (Fsp3) is 0.565. The minimum atomic E-state index is 0.338. The fourth-order valence-corrected chi connectivity index (χ4v) is 3.94. The van der Waals surface area contributed by atoms with Gasteiger partial charge in [0.15, 0.2) is 5.96 Å². The Hall–Kier alpha value is -2.38. The number of ether oxygens (including phenoxy) is 2. The molecule has 1 saturated heterocycles. The smallest absolute Gasteiger partial charge is 0.193 e. The summed E-state index contributed by atoms with van der Waals surface area (Å²) in [6.07, 6.45) is 3.34. The highest BCUT2D eigenvalue weighted by atomic mass is 16.5. The summed E-state index contributed by atoms with van der Waals surface area (Å²) in [7, 11) is 3.58. The number of para-hydroxylation sites is 1. The van der Waals surface area contributed by atoms with Gasteiger partial charge in [0.1, 0.15) is 0 Å². The molecule has 0 amide bonds. The molecule has 2 aromatic rings. The second-order valence-electron chi connectivity index (χ2n) is 7.70. The molecule has 0 bridgehead atoms. The van der Waals surface area contributed by atoms with E-state index in [1.165, 1.54) is 5.56 Å². The summed E-state index contributed by atoms with van der Waals surface area (Å²) in [5, 5.41) is 8.29. The number of aryl methyl sites for hydroxylation is 1. The third kappa shape index (κ3) is 5.61. The first-order valence-corrected chi connectivity index (χ1v) is 10.8. The SMILES string of the molecule is CN=C(NCc1c(C)nn(-c2ccccc2)c1C)N1CCC(OCCCOC)CC1. The number of aliphatic imine (C=N–C) groups is 1. The van der Waals surface area contributed by atoms with Crippen molar-refractivity contribution in [3.8, 4) is 5.69 Å². The highest BCUT2D eigenvalue weighted by Gasteiger charge is 2.22. The first-order valence-electron chi connectivity index (χ1n) is 10.8. The summed E-state index contributed by atoms with van der Waals surface area (Å²) in [5.41, 5.74) is 4.50. The van der Waals surface area contributed by atoms with Gasteiger partial charge in [-0.3, -0.25) is 4.99 Å². The maximum atomic E-state index is 5.97. The van der Waals surface area contributed by atoms with E-state index in [4.69, 9.17) is 14.6 Å². The molecule has 0 aliphatic carbocycles. The predicted molar refractivity (Wildman–Crippen MR) is 120 cm³/mol. The Kier molecular flexibility index (Phi) is 8.28. The van der Waals surface area contributed by atoms with E-state index in [9.17, 15) is 0 Å². The van der Waals surface area contributed by atoms with E-state index < -0.39 is 0 Å². The second-order valence-corrected chi connectivity index (χ2v) is 7.70. The monoisotopic (exact) mass is 413 g/mol. The molecular weight excluding hydrogens is 378 g/mol. The van der Waals surface area contributed by atoms with Gasteiger partial charge in [-0.2, -0.15) is 5.10 Å². The molecule has 1 aliphatic rings. The van der Waals surface area contributed by atoms with Crippen molar-refractivity contribution >= 4 is 5.96 Å². The molecule has 3 rings (SSSR count). The minimum Gasteiger partial charge on any atom is -0.385 e. The molecule has 0 saturated carbocycles. The quantitative estimate of drug-likeness (QED) is 0.409. The van der Waals surface area contributed by atoms with Crippen LogP contribution in [0, 0.1) is 13.8 Å². The third-order valence-corrected chi connectivity index (χ3v) is 5.66. The molecule has 2 heterocycles. The molecule has 1 aromatic carbocycles. The van der Waals surface area contributed by atoms with Crippen molar-refractivity contribution in [2.24, 2.45) is 4.99 Å². The van der Waals surface area contributed by atoms with Gasteiger partial charge in [0, 0.05) is 58.3 Å². The number of nitrogens with zero attached hydrogens (tertiary/aromatic N) is 4. The van der Waals surface area contributed by atoms with E-state index in [-0.39, 0.29) is 0 Å². The Morgan fingerprint density at radius 3 is 2.57 bits per heavy atom. The van der Waals surface area contributed by atoms with E-state index in [2.05, 4.69) is 41.2 Å². The van der Waals surface area contributed by atoms with Crippen molar-refractivity contribution < 1.29 is 9.47 Å². The summed E-state index contributed by atoms with van der Waals surface area (Å²) < 4.78 is 13.1. The van der Waals surface area contributed by atoms with Crippen LogP contribution in [0.25, 0.3) is 5.69 Å². The third-order valence-electron chi connectivity index (χ3n) is 5.66. The number of likely N-dealkylation sites (tertiary alicyclic amines) is 1. The summed E-state index contributed by atoms with van der Waals surface area (Å²) in [4.78, 5) is 6.83. The van der Waals surface area contributed by atoms with Crippen LogP contribution >= 0.6 is 0 Å². The molecule has 1 N–H and O–H groups in total. The number of rotatable bonds is 8. The number of methoxy groups -OCH3 is 1. The van der Waals surface area contributed by atoms with E-state index in [0.29, 0.717) is 12.6 Å². The maximum Gasteiger partial charge on any atom is 0.193 e. The molecule has 0 unspecified atom stereocenters. The molecule has 7 heteroatoms. The van der Waals surface area contributed by atoms with Crippen LogP contribution in [0.4, 0.5) is 0 Å². The molecule has 0 radical (unpaired) electrons. The van der Waals surface area contributed by atoms with Crippen LogP contribution in [0.1, 0.15) is 36.2 Å². The van der Waals surface area contributed by atoms with Gasteiger partial charge in [-0.05, 0) is 45.2 Å². The zero-order valence-electron chi connectivity index (χ0n) is 18.7. The van der Waals surface area contributed by atoms with Crippen LogP contribution < -0.4 is 5.32 Å². The van der Waals surface area contributed by atoms with E-state index in [1.807, 2.05) is 29.9 Å². The lowest BCUT2D eigenvalue weighted by Crippen LogP contribution is -2.46. The number of aromatic nitrogens is 2. The summed E-state index contributed by atoms with van der Waals surface area (Å²) in [6, 6.07) is 10.3. The standard InChI is InChI=1S/C23H35N5O2/c1-18-22(19(2)28(26-18)20-9-6-5-7-10-20)17-25-23(24-3)27-13-11-21(12-14-27)30-16-8-15-29-4/h5-7,9-10,21H,8,11-17H2,1-4H3,(H,24,25). The molecule has 0 atom stereocenters. The van der Waals surface area contributed by atoms with Gasteiger partial charge >= 0.3 is 0 Å². The van der Waals surface area contributed by atoms with Gasteiger partial charge in [0.05, 0.1) is 17.5 Å². The molecule has 1 aromatic heterocycles. The summed E-state index contributed by atoms with van der Waals surface area (Å²) in [5.74, 6) is 0.944. The summed E-state index contributed by atoms with van der Waals surface area (Å²) >= 11 is 0. The molecule has 0 spiro atoms. The van der Waals surface area contributed by atoms with Crippen molar-refractivity contribution in [1.29, 1.82) is 0 Å². The predicted octanol–water partition coefficient (Wildman–Crippen LogP) is 3.08. The van der Waals surface area contributed by atoms with Crippen LogP contribution in [0.3, 0.4) is 0 Å². The van der Waals surface area contributed by atoms with Gasteiger partial charge in [-0.1, -0.05) is 18.2 Å². The molecule has 7 nitrogen and oxygen atoms in total. The zero-order valence-corrected chi connectivity index (χ0v) is 18.7. The Labute approximate surface area is 180 Å². The highest BCUT2D eigenvalue weighted by molar-refractivity contribution is 5.80. The summed E-state index contributed by atoms with van der Waals surface area (Å²) in [6.45, 7) is 8.35. The number of hydrogen-bond acceptors (Lipinski definition) is 4. The number of benzene rings is 1. The Morgan fingerprint density at radius 2 is 1.90 bits per heavy atom. The number of hydrogen-bond donors (Lipinski definition) is 1. The molecule has 30 heavy (non-hydrogen) atoms. The van der Waals surface area contributed by atoms with Gasteiger partial charge in [0.25, 0.3) is 0 Å². The van der Waals surface area contributed by atoms with Crippen LogP contribution in [0.2, 0.25) is 0 Å². The first kappa shape index (κ1) is 22.3. The normalized spacial score (nSPS) is 15.6. The van der Waals surface area contributed by atoms with Crippen LogP contribution in [-0.2, 0) is 16.0 Å². The topological polar surface area (TPSA) is 63.9 Å². The molecule has 164 valence electrons. The lowest BCUT2D eigenvalue weighted by molar-refractivity contribution is 0.00989. The average molecular weight is 414 g/mol. The Balaban J connectivity index is 1.54. The van der Waals surface area contributed by atoms with Crippen molar-refractivity contribution in [2.45, 2.75) is 45.8 Å². The van der Waals surface area contributed by atoms with Crippen molar-refractivity contribution in [1.82, 2.24) is 20.0 Å². The molecule has 1 aliphatic heterocycles. The van der Waals surface area contributed by atoms with E-state index >= 15 is 0 Å². The number of piperidine rings is 1. The maximum absolute atomic E-state index is 5.97. The van der Waals surface area contributed by atoms with Gasteiger partial charge in [-0.25, -0.2) is 4.68 Å². The number of guanidine groups is 1. The van der Waals surface area contributed by atoms with Crippen LogP contribution in [0.5, 0.6) is 0 Å². The Morgan fingerprint density at radius 1 is 1.17 bits per heavy atom.